The van der Waals surface area contributed by atoms with E-state index in [9.17, 15) is 4.20 Å². The van der Waals surface area contributed by atoms with Crippen LogP contribution in [-0.2, 0) is 21.9 Å². The van der Waals surface area contributed by atoms with E-state index in [0.717, 1.165) is 0 Å². The van der Waals surface area contributed by atoms with Gasteiger partial charge in [-0.25, -0.2) is 4.57 Å². The maximum absolute atomic E-state index is 10.4. The normalized spacial score (nSPS) is 8.43. The molecule has 2 N–H and O–H groups in total. The Labute approximate surface area is 64.4 Å². The molecule has 0 saturated carbocycles. The summed E-state index contributed by atoms with van der Waals surface area (Å²) in [6.45, 7) is 0. The first-order valence-electron chi connectivity index (χ1n) is 0.752. The fraction of sp³-hybridized carbons (Fsp3) is 0. The van der Waals surface area contributed by atoms with Crippen molar-refractivity contribution in [3.05, 3.63) is 0 Å². The molecule has 0 fully saturated rings. The zero-order chi connectivity index (χ0) is 4.50. The van der Waals surface area contributed by atoms with Crippen molar-refractivity contribution in [1.29, 1.82) is 0 Å². The van der Waals surface area contributed by atoms with Crippen molar-refractivity contribution in [2.45, 2.75) is 0 Å². The van der Waals surface area contributed by atoms with Crippen molar-refractivity contribution in [3.63, 3.8) is 0 Å². The summed E-state index contributed by atoms with van der Waals surface area (Å²) < 4.78 is 19.0. The molecule has 0 atom stereocenters. The Morgan fingerprint density at radius 3 is 1.57 bits per heavy atom. The van der Waals surface area contributed by atoms with Gasteiger partial charge in [-0.2, -0.15) is 0 Å². The molecule has 0 aromatic rings. The third kappa shape index (κ3) is 134. The molecule has 7 heavy (non-hydrogen) atoms. The van der Waals surface area contributed by atoms with Gasteiger partial charge < -0.3 is 1.43 Å². The summed E-state index contributed by atoms with van der Waals surface area (Å²) in [6.07, 6.45) is 0. The third-order valence-corrected chi connectivity index (χ3v) is 0. The van der Waals surface area contributed by atoms with Crippen LogP contribution in [-0.4, -0.2) is 9.79 Å². The smallest absolute Gasteiger partial charge is 1.00 e. The first-order chi connectivity index (χ1) is 2.00. The van der Waals surface area contributed by atoms with Crippen LogP contribution in [0.25, 0.3) is 0 Å². The van der Waals surface area contributed by atoms with E-state index >= 15 is 0 Å². The minimum atomic E-state index is -5.14. The molecule has 40 valence electrons. The van der Waals surface area contributed by atoms with Crippen LogP contribution in [0.5, 0.6) is 0 Å². The van der Waals surface area contributed by atoms with Crippen LogP contribution in [0.4, 0.5) is 4.20 Å². The van der Waals surface area contributed by atoms with Crippen LogP contribution in [0.1, 0.15) is 1.43 Å². The largest absolute Gasteiger partial charge is 1.00 e. The molecule has 0 radical (unpaired) electrons. The molecule has 0 aliphatic rings. The molecular weight excluding hydrogens is 157 g/mol. The van der Waals surface area contributed by atoms with E-state index in [1.807, 2.05) is 0 Å². The fourth-order valence-corrected chi connectivity index (χ4v) is 0. The second kappa shape index (κ2) is 5.35. The third-order valence-electron chi connectivity index (χ3n) is 0. The van der Waals surface area contributed by atoms with Crippen molar-refractivity contribution in [3.8, 4) is 0 Å². The Morgan fingerprint density at radius 2 is 1.57 bits per heavy atom. The molecule has 7 heteroatoms. The van der Waals surface area contributed by atoms with Crippen molar-refractivity contribution >= 4 is 7.91 Å². The van der Waals surface area contributed by atoms with Gasteiger partial charge in [0.05, 0.1) is 0 Å². The summed E-state index contributed by atoms with van der Waals surface area (Å²) >= 11 is 0. The molecule has 0 aliphatic carbocycles. The van der Waals surface area contributed by atoms with Crippen molar-refractivity contribution < 1.29 is 56.2 Å². The number of rotatable bonds is 0. The maximum atomic E-state index is 10.4. The molecule has 3 nitrogen and oxygen atoms in total. The van der Waals surface area contributed by atoms with E-state index in [2.05, 4.69) is 0 Å². The van der Waals surface area contributed by atoms with E-state index in [1.54, 1.807) is 0 Å². The van der Waals surface area contributed by atoms with Crippen LogP contribution in [0.3, 0.4) is 0 Å². The van der Waals surface area contributed by atoms with Crippen molar-refractivity contribution in [2.24, 2.45) is 0 Å². The first kappa shape index (κ1) is 15.7. The topological polar surface area (TPSA) is 57.5 Å². The molecule has 0 unspecified atom stereocenters. The Kier molecular flexibility index (Phi) is 12.0. The summed E-state index contributed by atoms with van der Waals surface area (Å²) in [5.74, 6) is 0. The Balaban J connectivity index is -0.0000000267. The van der Waals surface area contributed by atoms with Crippen LogP contribution in [0, 0.1) is 0 Å². The van der Waals surface area contributed by atoms with Crippen LogP contribution in [0.2, 0.25) is 0 Å². The summed E-state index contributed by atoms with van der Waals surface area (Å²) in [5, 5.41) is 0. The molecule has 0 heterocycles. The van der Waals surface area contributed by atoms with Crippen molar-refractivity contribution in [2.75, 3.05) is 0 Å². The summed E-state index contributed by atoms with van der Waals surface area (Å²) in [7, 11) is -5.14. The monoisotopic (exact) mass is 160 g/mol. The molecule has 0 bridgehead atoms. The van der Waals surface area contributed by atoms with Gasteiger partial charge in [-0.1, -0.05) is 0 Å². The van der Waals surface area contributed by atoms with Gasteiger partial charge in [0.15, 0.2) is 0 Å². The van der Waals surface area contributed by atoms with E-state index in [4.69, 9.17) is 14.4 Å². The molecule has 0 aliphatic heterocycles. The molecule has 0 amide bonds. The van der Waals surface area contributed by atoms with Gasteiger partial charge in [-0.05, 0) is 0 Å². The number of hydrogen-bond acceptors (Lipinski definition) is 1. The SMILES string of the molecule is O=P(O)(O)F.[Cr].[H-].[Li+]. The van der Waals surface area contributed by atoms with Crippen molar-refractivity contribution in [1.82, 2.24) is 0 Å². The minimum Gasteiger partial charge on any atom is -1.00 e. The van der Waals surface area contributed by atoms with Gasteiger partial charge in [0.2, 0.25) is 0 Å². The second-order valence-corrected chi connectivity index (χ2v) is 1.42. The average Bonchev–Trinajstić information content (AvgIpc) is 0.722. The Morgan fingerprint density at radius 1 is 1.57 bits per heavy atom. The van der Waals surface area contributed by atoms with Gasteiger partial charge in [0.25, 0.3) is 0 Å². The van der Waals surface area contributed by atoms with E-state index in [-0.39, 0.29) is 37.6 Å². The van der Waals surface area contributed by atoms with E-state index in [1.165, 1.54) is 0 Å². The standard InChI is InChI=1S/Cr.FH2O3P.Li.H/c;1-5(2,3)4;;/h;(H2,2,3,4);;/q;;+1;-1. The van der Waals surface area contributed by atoms with Crippen LogP contribution in [0.15, 0.2) is 0 Å². The molecule has 0 spiro atoms. The quantitative estimate of drug-likeness (QED) is 0.296. The fourth-order valence-electron chi connectivity index (χ4n) is 0. The predicted octanol–water partition coefficient (Wildman–Crippen LogP) is -2.84. The van der Waals surface area contributed by atoms with Gasteiger partial charge in [-0.3, -0.25) is 9.79 Å². The zero-order valence-electron chi connectivity index (χ0n) is 4.54. The minimum absolute atomic E-state index is 0. The van der Waals surface area contributed by atoms with Gasteiger partial charge >= 0.3 is 26.8 Å². The zero-order valence-corrected chi connectivity index (χ0v) is 5.71. The number of hydrogen-bond donors (Lipinski definition) is 2. The van der Waals surface area contributed by atoms with E-state index < -0.39 is 7.91 Å². The predicted molar refractivity (Wildman–Crippen MR) is 14.3 cm³/mol. The van der Waals surface area contributed by atoms with Crippen LogP contribution < -0.4 is 18.9 Å². The summed E-state index contributed by atoms with van der Waals surface area (Å²) in [4.78, 5) is 13.9. The molecular formula is H3CrFLiO3P. The van der Waals surface area contributed by atoms with Gasteiger partial charge in [-0.15, -0.1) is 4.20 Å². The molecule has 0 aromatic carbocycles. The average molecular weight is 160 g/mol. The molecule has 0 rings (SSSR count). The van der Waals surface area contributed by atoms with Gasteiger partial charge in [0.1, 0.15) is 0 Å². The Hall–Kier alpha value is 1.21. The Bertz CT molecular complexity index is 65.4. The van der Waals surface area contributed by atoms with Gasteiger partial charge in [0, 0.05) is 17.4 Å². The molecule has 0 aromatic heterocycles. The second-order valence-electron chi connectivity index (χ2n) is 0.473. The van der Waals surface area contributed by atoms with E-state index in [0.29, 0.717) is 0 Å². The van der Waals surface area contributed by atoms with Crippen LogP contribution >= 0.6 is 7.91 Å². The molecule has 0 saturated heterocycles. The first-order valence-corrected chi connectivity index (χ1v) is 2.25. The summed E-state index contributed by atoms with van der Waals surface area (Å²) in [6, 6.07) is 0. The summed E-state index contributed by atoms with van der Waals surface area (Å²) in [5.41, 5.74) is 0. The number of halogens is 1. The maximum Gasteiger partial charge on any atom is 1.00 e.